The largest absolute Gasteiger partial charge is 0.389 e. The Hall–Kier alpha value is -0.830. The molecule has 1 aromatic heterocycles. The highest BCUT2D eigenvalue weighted by Crippen LogP contribution is 2.38. The van der Waals surface area contributed by atoms with Crippen LogP contribution in [0.4, 0.5) is 0 Å². The van der Waals surface area contributed by atoms with Gasteiger partial charge in [0.1, 0.15) is 0 Å². The van der Waals surface area contributed by atoms with Crippen molar-refractivity contribution in [3.05, 3.63) is 18.0 Å². The van der Waals surface area contributed by atoms with Crippen LogP contribution in [-0.2, 0) is 13.5 Å². The van der Waals surface area contributed by atoms with Crippen LogP contribution in [0.5, 0.6) is 0 Å². The summed E-state index contributed by atoms with van der Waals surface area (Å²) in [4.78, 5) is 0. The molecule has 1 aromatic rings. The molecule has 0 saturated heterocycles. The second kappa shape index (κ2) is 4.21. The number of aliphatic hydroxyl groups is 1. The molecule has 3 atom stereocenters. The maximum atomic E-state index is 10.7. The molecule has 16 heavy (non-hydrogen) atoms. The van der Waals surface area contributed by atoms with Crippen molar-refractivity contribution >= 4 is 0 Å². The van der Waals surface area contributed by atoms with Gasteiger partial charge in [0.25, 0.3) is 0 Å². The quantitative estimate of drug-likeness (QED) is 0.832. The molecule has 1 N–H and O–H groups in total. The fourth-order valence-electron chi connectivity index (χ4n) is 2.86. The minimum atomic E-state index is -0.518. The Balaban J connectivity index is 2.07. The molecule has 1 heterocycles. The van der Waals surface area contributed by atoms with Crippen LogP contribution >= 0.6 is 0 Å². The molecule has 3 heteroatoms. The van der Waals surface area contributed by atoms with E-state index in [1.807, 2.05) is 19.4 Å². The predicted octanol–water partition coefficient (Wildman–Crippen LogP) is 2.15. The minimum Gasteiger partial charge on any atom is -0.389 e. The van der Waals surface area contributed by atoms with Gasteiger partial charge in [0.05, 0.1) is 11.8 Å². The van der Waals surface area contributed by atoms with Crippen molar-refractivity contribution in [1.29, 1.82) is 0 Å². The summed E-state index contributed by atoms with van der Waals surface area (Å²) in [7, 11) is 1.92. The van der Waals surface area contributed by atoms with E-state index < -0.39 is 5.60 Å². The number of hydrogen-bond donors (Lipinski definition) is 1. The zero-order chi connectivity index (χ0) is 11.8. The minimum absolute atomic E-state index is 0.386. The van der Waals surface area contributed by atoms with Gasteiger partial charge in [-0.25, -0.2) is 0 Å². The number of aryl methyl sites for hydroxylation is 1. The lowest BCUT2D eigenvalue weighted by Gasteiger charge is -2.40. The molecule has 1 aliphatic carbocycles. The summed E-state index contributed by atoms with van der Waals surface area (Å²) in [5.41, 5.74) is 0.627. The lowest BCUT2D eigenvalue weighted by Crippen LogP contribution is -2.43. The summed E-state index contributed by atoms with van der Waals surface area (Å²) in [5, 5.41) is 14.8. The van der Waals surface area contributed by atoms with E-state index in [0.29, 0.717) is 5.92 Å². The monoisotopic (exact) mass is 222 g/mol. The summed E-state index contributed by atoms with van der Waals surface area (Å²) >= 11 is 0. The van der Waals surface area contributed by atoms with Gasteiger partial charge in [-0.2, -0.15) is 5.10 Å². The van der Waals surface area contributed by atoms with Crippen molar-refractivity contribution in [2.45, 2.75) is 45.1 Å². The topological polar surface area (TPSA) is 38.1 Å². The van der Waals surface area contributed by atoms with Crippen LogP contribution in [0.15, 0.2) is 12.4 Å². The standard InChI is InChI=1S/C13H22N2O/c1-10-4-5-13(16,11(2)6-10)7-12-8-14-15(3)9-12/h8-11,16H,4-7H2,1-3H3. The first kappa shape index (κ1) is 11.6. The highest BCUT2D eigenvalue weighted by atomic mass is 16.3. The Morgan fingerprint density at radius 1 is 1.56 bits per heavy atom. The van der Waals surface area contributed by atoms with Crippen molar-refractivity contribution in [3.8, 4) is 0 Å². The Labute approximate surface area is 97.5 Å². The van der Waals surface area contributed by atoms with E-state index in [9.17, 15) is 5.11 Å². The molecule has 2 rings (SSSR count). The number of nitrogens with zero attached hydrogens (tertiary/aromatic N) is 2. The molecule has 90 valence electrons. The molecule has 1 fully saturated rings. The van der Waals surface area contributed by atoms with Crippen molar-refractivity contribution in [3.63, 3.8) is 0 Å². The molecule has 0 aromatic carbocycles. The zero-order valence-corrected chi connectivity index (χ0v) is 10.5. The molecular weight excluding hydrogens is 200 g/mol. The van der Waals surface area contributed by atoms with E-state index in [0.717, 1.165) is 37.2 Å². The molecule has 3 unspecified atom stereocenters. The van der Waals surface area contributed by atoms with Crippen LogP contribution in [0.1, 0.15) is 38.7 Å². The highest BCUT2D eigenvalue weighted by Gasteiger charge is 2.38. The molecule has 3 nitrogen and oxygen atoms in total. The van der Waals surface area contributed by atoms with Gasteiger partial charge in [-0.3, -0.25) is 4.68 Å². The van der Waals surface area contributed by atoms with E-state index >= 15 is 0 Å². The van der Waals surface area contributed by atoms with Gasteiger partial charge in [0, 0.05) is 19.7 Å². The molecule has 0 bridgehead atoms. The maximum Gasteiger partial charge on any atom is 0.0714 e. The first-order chi connectivity index (χ1) is 7.49. The fourth-order valence-corrected chi connectivity index (χ4v) is 2.86. The second-order valence-electron chi connectivity index (χ2n) is 5.58. The van der Waals surface area contributed by atoms with Gasteiger partial charge >= 0.3 is 0 Å². The van der Waals surface area contributed by atoms with Gasteiger partial charge in [-0.05, 0) is 36.7 Å². The third kappa shape index (κ3) is 2.29. The van der Waals surface area contributed by atoms with Gasteiger partial charge in [-0.15, -0.1) is 0 Å². The lowest BCUT2D eigenvalue weighted by atomic mass is 9.70. The summed E-state index contributed by atoms with van der Waals surface area (Å²) < 4.78 is 1.80. The van der Waals surface area contributed by atoms with E-state index in [1.165, 1.54) is 0 Å². The first-order valence-electron chi connectivity index (χ1n) is 6.19. The van der Waals surface area contributed by atoms with Crippen LogP contribution in [-0.4, -0.2) is 20.5 Å². The smallest absolute Gasteiger partial charge is 0.0714 e. The van der Waals surface area contributed by atoms with Gasteiger partial charge in [-0.1, -0.05) is 13.8 Å². The average molecular weight is 222 g/mol. The second-order valence-corrected chi connectivity index (χ2v) is 5.58. The van der Waals surface area contributed by atoms with Crippen molar-refractivity contribution in [2.24, 2.45) is 18.9 Å². The molecule has 0 aliphatic heterocycles. The van der Waals surface area contributed by atoms with Crippen LogP contribution in [0.2, 0.25) is 0 Å². The molecular formula is C13H22N2O. The summed E-state index contributed by atoms with van der Waals surface area (Å²) in [6.45, 7) is 4.45. The van der Waals surface area contributed by atoms with E-state index in [-0.39, 0.29) is 0 Å². The summed E-state index contributed by atoms with van der Waals surface area (Å²) in [5.74, 6) is 1.14. The molecule has 0 spiro atoms. The highest BCUT2D eigenvalue weighted by molar-refractivity contribution is 5.10. The van der Waals surface area contributed by atoms with Crippen molar-refractivity contribution in [2.75, 3.05) is 0 Å². The first-order valence-corrected chi connectivity index (χ1v) is 6.19. The van der Waals surface area contributed by atoms with Crippen LogP contribution in [0, 0.1) is 11.8 Å². The average Bonchev–Trinajstić information content (AvgIpc) is 2.59. The van der Waals surface area contributed by atoms with E-state index in [4.69, 9.17) is 0 Å². The Kier molecular flexibility index (Phi) is 3.06. The Morgan fingerprint density at radius 2 is 2.31 bits per heavy atom. The van der Waals surface area contributed by atoms with Crippen LogP contribution < -0.4 is 0 Å². The molecule has 0 amide bonds. The van der Waals surface area contributed by atoms with Crippen LogP contribution in [0.25, 0.3) is 0 Å². The van der Waals surface area contributed by atoms with E-state index in [1.54, 1.807) is 4.68 Å². The van der Waals surface area contributed by atoms with Gasteiger partial charge in [0.2, 0.25) is 0 Å². The Bertz CT molecular complexity index is 361. The summed E-state index contributed by atoms with van der Waals surface area (Å²) in [6, 6.07) is 0. The maximum absolute atomic E-state index is 10.7. The summed E-state index contributed by atoms with van der Waals surface area (Å²) in [6.07, 6.45) is 7.81. The third-order valence-corrected chi connectivity index (χ3v) is 4.01. The van der Waals surface area contributed by atoms with Crippen molar-refractivity contribution in [1.82, 2.24) is 9.78 Å². The van der Waals surface area contributed by atoms with Gasteiger partial charge in [0.15, 0.2) is 0 Å². The number of rotatable bonds is 2. The molecule has 1 aliphatic rings. The fraction of sp³-hybridized carbons (Fsp3) is 0.769. The van der Waals surface area contributed by atoms with Crippen molar-refractivity contribution < 1.29 is 5.11 Å². The third-order valence-electron chi connectivity index (χ3n) is 4.01. The molecule has 0 radical (unpaired) electrons. The Morgan fingerprint density at radius 3 is 2.88 bits per heavy atom. The van der Waals surface area contributed by atoms with Gasteiger partial charge < -0.3 is 5.11 Å². The number of aromatic nitrogens is 2. The van der Waals surface area contributed by atoms with E-state index in [2.05, 4.69) is 18.9 Å². The zero-order valence-electron chi connectivity index (χ0n) is 10.5. The van der Waals surface area contributed by atoms with Crippen LogP contribution in [0.3, 0.4) is 0 Å². The number of hydrogen-bond acceptors (Lipinski definition) is 2. The SMILES string of the molecule is CC1CCC(O)(Cc2cnn(C)c2)C(C)C1. The molecule has 1 saturated carbocycles. The lowest BCUT2D eigenvalue weighted by molar-refractivity contribution is -0.0522. The normalized spacial score (nSPS) is 35.2. The predicted molar refractivity (Wildman–Crippen MR) is 64.0 cm³/mol.